The second kappa shape index (κ2) is 5.98. The number of aliphatic hydroxyl groups excluding tert-OH is 1. The quantitative estimate of drug-likeness (QED) is 0.797. The van der Waals surface area contributed by atoms with Gasteiger partial charge in [-0.3, -0.25) is 0 Å². The van der Waals surface area contributed by atoms with Crippen LogP contribution in [0.1, 0.15) is 18.5 Å². The van der Waals surface area contributed by atoms with Crippen molar-refractivity contribution in [3.63, 3.8) is 0 Å². The Morgan fingerprint density at radius 1 is 1.53 bits per heavy atom. The first-order valence-corrected chi connectivity index (χ1v) is 6.32. The molecular formula is C13H21N3O. The highest BCUT2D eigenvalue weighted by molar-refractivity contribution is 5.39. The molecule has 94 valence electrons. The summed E-state index contributed by atoms with van der Waals surface area (Å²) < 4.78 is 0. The van der Waals surface area contributed by atoms with Crippen LogP contribution in [0.3, 0.4) is 0 Å². The lowest BCUT2D eigenvalue weighted by atomic mass is 10.2. The van der Waals surface area contributed by atoms with E-state index in [0.29, 0.717) is 12.6 Å². The van der Waals surface area contributed by atoms with Gasteiger partial charge in [0.1, 0.15) is 5.82 Å². The van der Waals surface area contributed by atoms with Crippen molar-refractivity contribution in [2.45, 2.75) is 25.8 Å². The molecule has 1 atom stereocenters. The van der Waals surface area contributed by atoms with E-state index in [-0.39, 0.29) is 6.61 Å². The van der Waals surface area contributed by atoms with E-state index in [1.165, 1.54) is 12.8 Å². The minimum atomic E-state index is 0.169. The number of hydrogen-bond acceptors (Lipinski definition) is 4. The first kappa shape index (κ1) is 12.3. The molecule has 1 saturated heterocycles. The Kier molecular flexibility index (Phi) is 4.34. The van der Waals surface area contributed by atoms with Crippen LogP contribution in [0.15, 0.2) is 18.2 Å². The summed E-state index contributed by atoms with van der Waals surface area (Å²) in [5, 5.41) is 12.6. The molecule has 4 heteroatoms. The lowest BCUT2D eigenvalue weighted by Crippen LogP contribution is -2.39. The van der Waals surface area contributed by atoms with E-state index >= 15 is 0 Å². The van der Waals surface area contributed by atoms with Gasteiger partial charge in [0, 0.05) is 24.8 Å². The van der Waals surface area contributed by atoms with Crippen LogP contribution in [0.5, 0.6) is 0 Å². The average molecular weight is 235 g/mol. The highest BCUT2D eigenvalue weighted by Crippen LogP contribution is 2.14. The SMILES string of the molecule is Cc1cccc(N(CCO)CC2CCCN2)n1. The summed E-state index contributed by atoms with van der Waals surface area (Å²) >= 11 is 0. The normalized spacial score (nSPS) is 19.5. The molecule has 0 saturated carbocycles. The number of rotatable bonds is 5. The lowest BCUT2D eigenvalue weighted by molar-refractivity contribution is 0.300. The van der Waals surface area contributed by atoms with Gasteiger partial charge in [0.2, 0.25) is 0 Å². The van der Waals surface area contributed by atoms with Crippen LogP contribution in [0, 0.1) is 6.92 Å². The maximum Gasteiger partial charge on any atom is 0.128 e. The van der Waals surface area contributed by atoms with Crippen molar-refractivity contribution in [1.29, 1.82) is 0 Å². The fraction of sp³-hybridized carbons (Fsp3) is 0.615. The first-order valence-electron chi connectivity index (χ1n) is 6.32. The largest absolute Gasteiger partial charge is 0.395 e. The van der Waals surface area contributed by atoms with Crippen LogP contribution in [0.2, 0.25) is 0 Å². The van der Waals surface area contributed by atoms with E-state index in [2.05, 4.69) is 15.2 Å². The monoisotopic (exact) mass is 235 g/mol. The van der Waals surface area contributed by atoms with Gasteiger partial charge in [-0.25, -0.2) is 4.98 Å². The second-order valence-electron chi connectivity index (χ2n) is 4.60. The molecular weight excluding hydrogens is 214 g/mol. The Labute approximate surface area is 103 Å². The van der Waals surface area contributed by atoms with Gasteiger partial charge in [0.15, 0.2) is 0 Å². The number of nitrogens with zero attached hydrogens (tertiary/aromatic N) is 2. The molecule has 1 aliphatic rings. The van der Waals surface area contributed by atoms with Gasteiger partial charge in [0.05, 0.1) is 6.61 Å². The number of pyridine rings is 1. The van der Waals surface area contributed by atoms with Gasteiger partial charge in [-0.2, -0.15) is 0 Å². The first-order chi connectivity index (χ1) is 8.29. The number of aliphatic hydroxyl groups is 1. The van der Waals surface area contributed by atoms with Crippen molar-refractivity contribution in [2.24, 2.45) is 0 Å². The third kappa shape index (κ3) is 3.41. The smallest absolute Gasteiger partial charge is 0.128 e. The Morgan fingerprint density at radius 2 is 2.41 bits per heavy atom. The summed E-state index contributed by atoms with van der Waals surface area (Å²) in [6.07, 6.45) is 2.46. The standard InChI is InChI=1S/C13H21N3O/c1-11-4-2-6-13(15-11)16(8-9-17)10-12-5-3-7-14-12/h2,4,6,12,14,17H,3,5,7-10H2,1H3. The molecule has 0 spiro atoms. The van der Waals surface area contributed by atoms with Gasteiger partial charge < -0.3 is 15.3 Å². The van der Waals surface area contributed by atoms with Crippen molar-refractivity contribution >= 4 is 5.82 Å². The maximum atomic E-state index is 9.15. The highest BCUT2D eigenvalue weighted by Gasteiger charge is 2.18. The predicted octanol–water partition coefficient (Wildman–Crippen LogP) is 0.941. The molecule has 1 fully saturated rings. The summed E-state index contributed by atoms with van der Waals surface area (Å²) in [6.45, 7) is 4.85. The van der Waals surface area contributed by atoms with E-state index in [0.717, 1.165) is 24.6 Å². The summed E-state index contributed by atoms with van der Waals surface area (Å²) in [5.74, 6) is 0.966. The van der Waals surface area contributed by atoms with Crippen molar-refractivity contribution in [2.75, 3.05) is 31.1 Å². The summed E-state index contributed by atoms with van der Waals surface area (Å²) in [7, 11) is 0. The summed E-state index contributed by atoms with van der Waals surface area (Å²) in [4.78, 5) is 6.68. The molecule has 1 unspecified atom stereocenters. The molecule has 0 amide bonds. The number of aromatic nitrogens is 1. The van der Waals surface area contributed by atoms with Crippen molar-refractivity contribution in [3.05, 3.63) is 23.9 Å². The van der Waals surface area contributed by atoms with Crippen LogP contribution < -0.4 is 10.2 Å². The van der Waals surface area contributed by atoms with Crippen molar-refractivity contribution < 1.29 is 5.11 Å². The Bertz CT molecular complexity index is 350. The molecule has 0 aliphatic carbocycles. The maximum absolute atomic E-state index is 9.15. The van der Waals surface area contributed by atoms with Gasteiger partial charge in [-0.15, -0.1) is 0 Å². The molecule has 0 radical (unpaired) electrons. The topological polar surface area (TPSA) is 48.4 Å². The predicted molar refractivity (Wildman–Crippen MR) is 69.3 cm³/mol. The lowest BCUT2D eigenvalue weighted by Gasteiger charge is -2.26. The molecule has 2 N–H and O–H groups in total. The zero-order chi connectivity index (χ0) is 12.1. The zero-order valence-corrected chi connectivity index (χ0v) is 10.4. The van der Waals surface area contributed by atoms with Gasteiger partial charge in [-0.1, -0.05) is 6.07 Å². The Hall–Kier alpha value is -1.13. The minimum Gasteiger partial charge on any atom is -0.395 e. The van der Waals surface area contributed by atoms with E-state index in [1.54, 1.807) is 0 Å². The Balaban J connectivity index is 2.04. The van der Waals surface area contributed by atoms with Gasteiger partial charge in [0.25, 0.3) is 0 Å². The molecule has 17 heavy (non-hydrogen) atoms. The zero-order valence-electron chi connectivity index (χ0n) is 10.4. The van der Waals surface area contributed by atoms with Crippen LogP contribution in [-0.4, -0.2) is 42.4 Å². The van der Waals surface area contributed by atoms with E-state index < -0.39 is 0 Å². The number of anilines is 1. The minimum absolute atomic E-state index is 0.169. The highest BCUT2D eigenvalue weighted by atomic mass is 16.3. The molecule has 0 bridgehead atoms. The number of nitrogens with one attached hydrogen (secondary N) is 1. The third-order valence-electron chi connectivity index (χ3n) is 3.17. The molecule has 1 aliphatic heterocycles. The van der Waals surface area contributed by atoms with E-state index in [9.17, 15) is 0 Å². The average Bonchev–Trinajstić information content (AvgIpc) is 2.81. The molecule has 0 aromatic carbocycles. The summed E-state index contributed by atoms with van der Waals surface area (Å²) in [6, 6.07) is 6.56. The number of hydrogen-bond donors (Lipinski definition) is 2. The van der Waals surface area contributed by atoms with E-state index in [4.69, 9.17) is 5.11 Å². The van der Waals surface area contributed by atoms with Crippen LogP contribution in [0.4, 0.5) is 5.82 Å². The molecule has 1 aromatic heterocycles. The summed E-state index contributed by atoms with van der Waals surface area (Å²) in [5.41, 5.74) is 1.02. The number of aryl methyl sites for hydroxylation is 1. The van der Waals surface area contributed by atoms with Crippen LogP contribution in [0.25, 0.3) is 0 Å². The third-order valence-corrected chi connectivity index (χ3v) is 3.17. The van der Waals surface area contributed by atoms with Crippen LogP contribution in [-0.2, 0) is 0 Å². The fourth-order valence-electron chi connectivity index (χ4n) is 2.30. The fourth-order valence-corrected chi connectivity index (χ4v) is 2.30. The van der Waals surface area contributed by atoms with Crippen molar-refractivity contribution in [1.82, 2.24) is 10.3 Å². The van der Waals surface area contributed by atoms with Crippen molar-refractivity contribution in [3.8, 4) is 0 Å². The Morgan fingerprint density at radius 3 is 3.06 bits per heavy atom. The van der Waals surface area contributed by atoms with E-state index in [1.807, 2.05) is 25.1 Å². The second-order valence-corrected chi connectivity index (χ2v) is 4.60. The molecule has 1 aromatic rings. The molecule has 2 rings (SSSR count). The van der Waals surface area contributed by atoms with Gasteiger partial charge in [-0.05, 0) is 38.4 Å². The van der Waals surface area contributed by atoms with Gasteiger partial charge >= 0.3 is 0 Å². The molecule has 4 nitrogen and oxygen atoms in total. The molecule has 2 heterocycles. The van der Waals surface area contributed by atoms with Crippen LogP contribution >= 0.6 is 0 Å².